The molecule has 0 saturated carbocycles. The van der Waals surface area contributed by atoms with Gasteiger partial charge >= 0.3 is 0 Å². The third-order valence-corrected chi connectivity index (χ3v) is 5.44. The first-order valence-corrected chi connectivity index (χ1v) is 7.71. The number of thiophene rings is 2. The van der Waals surface area contributed by atoms with Crippen LogP contribution in [-0.4, -0.2) is 0 Å². The maximum absolute atomic E-state index is 5.84. The van der Waals surface area contributed by atoms with Crippen LogP contribution in [0, 0.1) is 0 Å². The predicted molar refractivity (Wildman–Crippen MR) is 87.1 cm³/mol. The monoisotopic (exact) mass is 281 g/mol. The Morgan fingerprint density at radius 2 is 1.58 bits per heavy atom. The minimum absolute atomic E-state index is 0.894. The standard InChI is InChI=1S/C16H11NS2/c17-16-9-15-14(19-16)8-13(18-15)12-7-3-5-10-4-1-2-6-11(10)12/h1-9H,17H2. The van der Waals surface area contributed by atoms with Crippen LogP contribution in [0.4, 0.5) is 5.00 Å². The van der Waals surface area contributed by atoms with Crippen molar-refractivity contribution >= 4 is 47.8 Å². The van der Waals surface area contributed by atoms with Gasteiger partial charge in [0, 0.05) is 14.3 Å². The van der Waals surface area contributed by atoms with E-state index in [2.05, 4.69) is 54.6 Å². The van der Waals surface area contributed by atoms with E-state index in [4.69, 9.17) is 5.73 Å². The number of nitrogens with two attached hydrogens (primary N) is 1. The van der Waals surface area contributed by atoms with E-state index in [9.17, 15) is 0 Å². The first-order chi connectivity index (χ1) is 9.31. The number of hydrogen-bond acceptors (Lipinski definition) is 3. The molecule has 4 aromatic rings. The Hall–Kier alpha value is -1.84. The first-order valence-electron chi connectivity index (χ1n) is 6.08. The molecule has 0 aliphatic rings. The van der Waals surface area contributed by atoms with E-state index < -0.39 is 0 Å². The fourth-order valence-corrected chi connectivity index (χ4v) is 4.64. The largest absolute Gasteiger partial charge is 0.391 e. The number of fused-ring (bicyclic) bond motifs is 2. The second-order valence-corrected chi connectivity index (χ2v) is 6.71. The molecule has 3 heteroatoms. The summed E-state index contributed by atoms with van der Waals surface area (Å²) in [5.74, 6) is 0. The fraction of sp³-hybridized carbons (Fsp3) is 0. The van der Waals surface area contributed by atoms with Crippen LogP contribution in [0.2, 0.25) is 0 Å². The molecule has 0 radical (unpaired) electrons. The third kappa shape index (κ3) is 1.74. The molecular weight excluding hydrogens is 270 g/mol. The van der Waals surface area contributed by atoms with Gasteiger partial charge in [-0.05, 0) is 28.5 Å². The van der Waals surface area contributed by atoms with Crippen LogP contribution in [0.25, 0.3) is 30.6 Å². The number of benzene rings is 2. The molecule has 2 N–H and O–H groups in total. The second-order valence-electron chi connectivity index (χ2n) is 4.51. The van der Waals surface area contributed by atoms with Crippen LogP contribution in [0.5, 0.6) is 0 Å². The zero-order valence-electron chi connectivity index (χ0n) is 10.1. The van der Waals surface area contributed by atoms with Crippen LogP contribution >= 0.6 is 22.7 Å². The molecule has 0 aliphatic carbocycles. The Balaban J connectivity index is 2.00. The summed E-state index contributed by atoms with van der Waals surface area (Å²) in [5, 5.41) is 3.49. The van der Waals surface area contributed by atoms with Gasteiger partial charge in [-0.1, -0.05) is 42.5 Å². The Morgan fingerprint density at radius 3 is 2.47 bits per heavy atom. The zero-order chi connectivity index (χ0) is 12.8. The fourth-order valence-electron chi connectivity index (χ4n) is 2.43. The van der Waals surface area contributed by atoms with Crippen LogP contribution in [-0.2, 0) is 0 Å². The molecule has 0 saturated heterocycles. The van der Waals surface area contributed by atoms with Gasteiger partial charge in [0.25, 0.3) is 0 Å². The van der Waals surface area contributed by atoms with Crippen molar-refractivity contribution in [3.05, 3.63) is 54.6 Å². The normalized spacial score (nSPS) is 11.4. The summed E-state index contributed by atoms with van der Waals surface area (Å²) in [6.45, 7) is 0. The lowest BCUT2D eigenvalue weighted by molar-refractivity contribution is 1.74. The predicted octanol–water partition coefficient (Wildman–Crippen LogP) is 5.37. The number of anilines is 1. The van der Waals surface area contributed by atoms with Gasteiger partial charge in [-0.2, -0.15) is 0 Å². The highest BCUT2D eigenvalue weighted by molar-refractivity contribution is 7.31. The van der Waals surface area contributed by atoms with E-state index in [1.807, 2.05) is 11.3 Å². The van der Waals surface area contributed by atoms with E-state index in [1.54, 1.807) is 11.3 Å². The van der Waals surface area contributed by atoms with Gasteiger partial charge in [-0.15, -0.1) is 22.7 Å². The van der Waals surface area contributed by atoms with Crippen molar-refractivity contribution in [3.63, 3.8) is 0 Å². The van der Waals surface area contributed by atoms with Gasteiger partial charge in [0.05, 0.1) is 5.00 Å². The van der Waals surface area contributed by atoms with Gasteiger partial charge < -0.3 is 5.73 Å². The van der Waals surface area contributed by atoms with Crippen molar-refractivity contribution in [2.45, 2.75) is 0 Å². The van der Waals surface area contributed by atoms with Gasteiger partial charge in [0.2, 0.25) is 0 Å². The smallest absolute Gasteiger partial charge is 0.0877 e. The first kappa shape index (κ1) is 11.0. The zero-order valence-corrected chi connectivity index (χ0v) is 11.7. The molecule has 0 aliphatic heterocycles. The molecule has 92 valence electrons. The van der Waals surface area contributed by atoms with Gasteiger partial charge in [0.1, 0.15) is 0 Å². The molecule has 2 heterocycles. The highest BCUT2D eigenvalue weighted by Crippen LogP contribution is 2.41. The average Bonchev–Trinajstić information content (AvgIpc) is 2.95. The lowest BCUT2D eigenvalue weighted by atomic mass is 10.0. The van der Waals surface area contributed by atoms with E-state index in [0.717, 1.165) is 5.00 Å². The summed E-state index contributed by atoms with van der Waals surface area (Å²) >= 11 is 3.48. The quantitative estimate of drug-likeness (QED) is 0.499. The van der Waals surface area contributed by atoms with Crippen molar-refractivity contribution in [1.82, 2.24) is 0 Å². The lowest BCUT2D eigenvalue weighted by Crippen LogP contribution is -1.77. The van der Waals surface area contributed by atoms with Gasteiger partial charge in [-0.3, -0.25) is 0 Å². The summed E-state index contributed by atoms with van der Waals surface area (Å²) in [7, 11) is 0. The van der Waals surface area contributed by atoms with Crippen LogP contribution in [0.15, 0.2) is 54.6 Å². The van der Waals surface area contributed by atoms with Crippen molar-refractivity contribution in [2.75, 3.05) is 5.73 Å². The van der Waals surface area contributed by atoms with E-state index >= 15 is 0 Å². The Kier molecular flexibility index (Phi) is 2.37. The minimum atomic E-state index is 0.894. The SMILES string of the molecule is Nc1cc2sc(-c3cccc4ccccc34)cc2s1. The Bertz CT molecular complexity index is 849. The molecule has 0 bridgehead atoms. The maximum Gasteiger partial charge on any atom is 0.0877 e. The molecular formula is C16H11NS2. The van der Waals surface area contributed by atoms with Gasteiger partial charge in [-0.25, -0.2) is 0 Å². The Morgan fingerprint density at radius 1 is 0.789 bits per heavy atom. The summed E-state index contributed by atoms with van der Waals surface area (Å²) in [4.78, 5) is 1.32. The molecule has 0 fully saturated rings. The lowest BCUT2D eigenvalue weighted by Gasteiger charge is -2.03. The third-order valence-electron chi connectivity index (χ3n) is 3.28. The van der Waals surface area contributed by atoms with Crippen molar-refractivity contribution in [2.24, 2.45) is 0 Å². The molecule has 2 aromatic heterocycles. The number of hydrogen-bond donors (Lipinski definition) is 1. The van der Waals surface area contributed by atoms with Crippen molar-refractivity contribution in [3.8, 4) is 10.4 Å². The van der Waals surface area contributed by atoms with E-state index in [-0.39, 0.29) is 0 Å². The van der Waals surface area contributed by atoms with Crippen molar-refractivity contribution < 1.29 is 0 Å². The summed E-state index contributed by atoms with van der Waals surface area (Å²) in [5.41, 5.74) is 7.15. The number of rotatable bonds is 1. The van der Waals surface area contributed by atoms with Crippen LogP contribution < -0.4 is 5.73 Å². The van der Waals surface area contributed by atoms with Gasteiger partial charge in [0.15, 0.2) is 0 Å². The van der Waals surface area contributed by atoms with Crippen molar-refractivity contribution in [1.29, 1.82) is 0 Å². The number of nitrogen functional groups attached to an aromatic ring is 1. The van der Waals surface area contributed by atoms with E-state index in [0.29, 0.717) is 0 Å². The maximum atomic E-state index is 5.84. The molecule has 0 spiro atoms. The average molecular weight is 281 g/mol. The van der Waals surface area contributed by atoms with Crippen LogP contribution in [0.3, 0.4) is 0 Å². The summed E-state index contributed by atoms with van der Waals surface area (Å²) in [6, 6.07) is 19.3. The Labute approximate surface area is 118 Å². The molecule has 2 aromatic carbocycles. The second kappa shape index (κ2) is 4.08. The summed E-state index contributed by atoms with van der Waals surface area (Å²) in [6.07, 6.45) is 0. The highest BCUT2D eigenvalue weighted by Gasteiger charge is 2.09. The molecule has 19 heavy (non-hydrogen) atoms. The molecule has 4 rings (SSSR count). The molecule has 0 amide bonds. The summed E-state index contributed by atoms with van der Waals surface area (Å²) < 4.78 is 2.57. The topological polar surface area (TPSA) is 26.0 Å². The highest BCUT2D eigenvalue weighted by atomic mass is 32.1. The molecule has 0 unspecified atom stereocenters. The minimum Gasteiger partial charge on any atom is -0.391 e. The molecule has 1 nitrogen and oxygen atoms in total. The molecule has 0 atom stereocenters. The van der Waals surface area contributed by atoms with E-state index in [1.165, 1.54) is 30.6 Å². The van der Waals surface area contributed by atoms with Crippen LogP contribution in [0.1, 0.15) is 0 Å².